The summed E-state index contributed by atoms with van der Waals surface area (Å²) in [6, 6.07) is 0. The molecule has 2 heterocycles. The Morgan fingerprint density at radius 1 is 0.724 bits per heavy atom. The van der Waals surface area contributed by atoms with E-state index in [2.05, 4.69) is 0 Å². The predicted octanol–water partition coefficient (Wildman–Crippen LogP) is 0.380. The van der Waals surface area contributed by atoms with E-state index in [4.69, 9.17) is 23.2 Å². The summed E-state index contributed by atoms with van der Waals surface area (Å²) < 4.78 is 1.65. The van der Waals surface area contributed by atoms with Crippen molar-refractivity contribution in [2.45, 2.75) is 32.4 Å². The molecule has 0 aliphatic heterocycles. The first kappa shape index (κ1) is 22.0. The summed E-state index contributed by atoms with van der Waals surface area (Å²) in [5.41, 5.74) is -6.16. The van der Waals surface area contributed by atoms with E-state index in [1.807, 2.05) is 0 Å². The predicted molar refractivity (Wildman–Crippen MR) is 99.8 cm³/mol. The minimum Gasteiger partial charge on any atom is -0.278 e. The maximum Gasteiger partial charge on any atom is 0.369 e. The van der Waals surface area contributed by atoms with Crippen LogP contribution in [-0.2, 0) is 13.1 Å². The van der Waals surface area contributed by atoms with Gasteiger partial charge < -0.3 is 0 Å². The molecule has 0 aromatic carbocycles. The number of nitrogens with one attached hydrogen (secondary N) is 2. The lowest BCUT2D eigenvalue weighted by Gasteiger charge is -2.09. The minimum absolute atomic E-state index is 0.0658. The molecule has 2 N–H and O–H groups in total. The molecule has 2 aromatic heterocycles. The Kier molecular flexibility index (Phi) is 6.71. The van der Waals surface area contributed by atoms with Crippen molar-refractivity contribution in [3.05, 3.63) is 72.2 Å². The summed E-state index contributed by atoms with van der Waals surface area (Å²) >= 11 is 11.5. The fraction of sp³-hybridized carbons (Fsp3) is 0.385. The van der Waals surface area contributed by atoms with E-state index < -0.39 is 54.0 Å². The lowest BCUT2D eigenvalue weighted by molar-refractivity contribution is -0.386. The van der Waals surface area contributed by atoms with Crippen molar-refractivity contribution in [1.29, 1.82) is 0 Å². The highest BCUT2D eigenvalue weighted by Gasteiger charge is 2.24. The van der Waals surface area contributed by atoms with Gasteiger partial charge in [-0.15, -0.1) is 0 Å². The van der Waals surface area contributed by atoms with E-state index in [-0.39, 0.29) is 25.9 Å². The van der Waals surface area contributed by atoms with Crippen molar-refractivity contribution in [1.82, 2.24) is 19.1 Å². The van der Waals surface area contributed by atoms with E-state index in [9.17, 15) is 39.4 Å². The Morgan fingerprint density at radius 2 is 1.07 bits per heavy atom. The molecule has 0 fully saturated rings. The number of aromatic amines is 2. The minimum atomic E-state index is -1.21. The van der Waals surface area contributed by atoms with Gasteiger partial charge in [-0.1, -0.05) is 23.2 Å². The standard InChI is InChI=1S/C13H12Cl2N6O8/c14-8-6(20(26)27)10(22)16-12(24)18(8)4-2-1-3-5-19-9(15)7(21(28)29)11(23)17-13(19)25/h1-5H2,(H,16,22,24)(H,17,23,25). The number of halogens is 2. The molecule has 0 amide bonds. The fourth-order valence-electron chi connectivity index (χ4n) is 2.50. The maximum absolute atomic E-state index is 11.8. The molecular weight excluding hydrogens is 439 g/mol. The Hall–Kier alpha value is -3.26. The topological polar surface area (TPSA) is 196 Å². The zero-order valence-corrected chi connectivity index (χ0v) is 15.9. The highest BCUT2D eigenvalue weighted by molar-refractivity contribution is 6.31. The summed E-state index contributed by atoms with van der Waals surface area (Å²) in [6.45, 7) is -0.132. The first-order valence-corrected chi connectivity index (χ1v) is 8.65. The fourth-order valence-corrected chi connectivity index (χ4v) is 3.13. The lowest BCUT2D eigenvalue weighted by Crippen LogP contribution is -2.32. The molecule has 0 radical (unpaired) electrons. The van der Waals surface area contributed by atoms with E-state index in [0.29, 0.717) is 6.42 Å². The summed E-state index contributed by atoms with van der Waals surface area (Å²) in [5.74, 6) is 0. The third kappa shape index (κ3) is 4.60. The second-order valence-corrected chi connectivity index (χ2v) is 6.39. The molecule has 16 heteroatoms. The molecule has 14 nitrogen and oxygen atoms in total. The average molecular weight is 451 g/mol. The molecule has 0 spiro atoms. The molecule has 0 aliphatic rings. The normalized spacial score (nSPS) is 10.8. The number of nitrogens with zero attached hydrogens (tertiary/aromatic N) is 4. The van der Waals surface area contributed by atoms with Gasteiger partial charge in [-0.25, -0.2) is 9.59 Å². The molecule has 2 rings (SSSR count). The SMILES string of the molecule is O=c1[nH]c(=O)n(CCCCCn2c(Cl)c([N+](=O)[O-])c(=O)[nH]c2=O)c(Cl)c1[N+](=O)[O-]. The van der Waals surface area contributed by atoms with Crippen LogP contribution in [0.5, 0.6) is 0 Å². The molecule has 0 aliphatic carbocycles. The van der Waals surface area contributed by atoms with Gasteiger partial charge in [0, 0.05) is 13.1 Å². The van der Waals surface area contributed by atoms with E-state index in [1.54, 1.807) is 9.97 Å². The van der Waals surface area contributed by atoms with Gasteiger partial charge in [-0.3, -0.25) is 48.9 Å². The third-order valence-electron chi connectivity index (χ3n) is 3.85. The van der Waals surface area contributed by atoms with Crippen molar-refractivity contribution in [2.75, 3.05) is 0 Å². The van der Waals surface area contributed by atoms with E-state index >= 15 is 0 Å². The number of aromatic nitrogens is 4. The molecule has 0 unspecified atom stereocenters. The number of rotatable bonds is 8. The smallest absolute Gasteiger partial charge is 0.278 e. The zero-order valence-electron chi connectivity index (χ0n) is 14.3. The Balaban J connectivity index is 2.09. The van der Waals surface area contributed by atoms with Gasteiger partial charge >= 0.3 is 33.9 Å². The van der Waals surface area contributed by atoms with Crippen molar-refractivity contribution in [3.8, 4) is 0 Å². The Labute approximate surface area is 168 Å². The maximum atomic E-state index is 11.8. The van der Waals surface area contributed by atoms with Crippen LogP contribution in [0.15, 0.2) is 19.2 Å². The highest BCUT2D eigenvalue weighted by Crippen LogP contribution is 2.19. The van der Waals surface area contributed by atoms with E-state index in [0.717, 1.165) is 9.13 Å². The van der Waals surface area contributed by atoms with Crippen LogP contribution in [0, 0.1) is 20.2 Å². The van der Waals surface area contributed by atoms with Crippen LogP contribution in [0.1, 0.15) is 19.3 Å². The Morgan fingerprint density at radius 3 is 1.38 bits per heavy atom. The van der Waals surface area contributed by atoms with Crippen molar-refractivity contribution >= 4 is 34.6 Å². The number of H-pyrrole nitrogens is 2. The second kappa shape index (κ2) is 8.83. The van der Waals surface area contributed by atoms with Gasteiger partial charge in [-0.05, 0) is 19.3 Å². The third-order valence-corrected chi connectivity index (χ3v) is 4.62. The van der Waals surface area contributed by atoms with Gasteiger partial charge in [0.25, 0.3) is 0 Å². The largest absolute Gasteiger partial charge is 0.369 e. The lowest BCUT2D eigenvalue weighted by atomic mass is 10.2. The molecule has 0 saturated heterocycles. The van der Waals surface area contributed by atoms with Crippen LogP contribution in [0.3, 0.4) is 0 Å². The zero-order chi connectivity index (χ0) is 21.9. The van der Waals surface area contributed by atoms with Crippen LogP contribution in [-0.4, -0.2) is 28.9 Å². The van der Waals surface area contributed by atoms with Gasteiger partial charge in [-0.2, -0.15) is 0 Å². The molecule has 156 valence electrons. The Bertz CT molecular complexity index is 1120. The quantitative estimate of drug-likeness (QED) is 0.249. The monoisotopic (exact) mass is 450 g/mol. The van der Waals surface area contributed by atoms with Crippen molar-refractivity contribution in [3.63, 3.8) is 0 Å². The molecular formula is C13H12Cl2N6O8. The van der Waals surface area contributed by atoms with Crippen LogP contribution < -0.4 is 22.5 Å². The summed E-state index contributed by atoms with van der Waals surface area (Å²) in [5, 5.41) is 20.5. The van der Waals surface area contributed by atoms with Gasteiger partial charge in [0.05, 0.1) is 9.85 Å². The molecule has 0 atom stereocenters. The van der Waals surface area contributed by atoms with Crippen LogP contribution in [0.4, 0.5) is 11.4 Å². The second-order valence-electron chi connectivity index (χ2n) is 5.68. The number of hydrogen-bond donors (Lipinski definition) is 2. The number of hydrogen-bond acceptors (Lipinski definition) is 8. The van der Waals surface area contributed by atoms with Crippen LogP contribution in [0.2, 0.25) is 10.3 Å². The molecule has 2 aromatic rings. The van der Waals surface area contributed by atoms with Crippen LogP contribution in [0.25, 0.3) is 0 Å². The summed E-state index contributed by atoms with van der Waals surface area (Å²) in [7, 11) is 0. The number of nitro groups is 2. The first-order valence-electron chi connectivity index (χ1n) is 7.90. The number of unbranched alkanes of at least 4 members (excludes halogenated alkanes) is 2. The van der Waals surface area contributed by atoms with Crippen molar-refractivity contribution < 1.29 is 9.85 Å². The van der Waals surface area contributed by atoms with Crippen molar-refractivity contribution in [2.24, 2.45) is 0 Å². The van der Waals surface area contributed by atoms with Gasteiger partial charge in [0.1, 0.15) is 0 Å². The summed E-state index contributed by atoms with van der Waals surface area (Å²) in [6.07, 6.45) is 0.882. The molecule has 0 saturated carbocycles. The first-order chi connectivity index (χ1) is 13.6. The molecule has 0 bridgehead atoms. The van der Waals surface area contributed by atoms with Crippen LogP contribution >= 0.6 is 23.2 Å². The highest BCUT2D eigenvalue weighted by atomic mass is 35.5. The van der Waals surface area contributed by atoms with Gasteiger partial charge in [0.2, 0.25) is 0 Å². The average Bonchev–Trinajstić information content (AvgIpc) is 2.58. The van der Waals surface area contributed by atoms with Gasteiger partial charge in [0.15, 0.2) is 10.3 Å². The van der Waals surface area contributed by atoms with E-state index in [1.165, 1.54) is 0 Å². The molecule has 29 heavy (non-hydrogen) atoms. The summed E-state index contributed by atoms with van der Waals surface area (Å²) in [4.78, 5) is 69.8.